The topological polar surface area (TPSA) is 369 Å². The Kier molecular flexibility index (Phi) is 17.2. The Balaban J connectivity index is 0.889. The highest BCUT2D eigenvalue weighted by Crippen LogP contribution is 2.40. The first kappa shape index (κ1) is 58.8. The molecule has 0 radical (unpaired) electrons. The van der Waals surface area contributed by atoms with Gasteiger partial charge in [-0.3, -0.25) is 62.2 Å². The van der Waals surface area contributed by atoms with E-state index in [-0.39, 0.29) is 115 Å². The lowest BCUT2D eigenvalue weighted by molar-refractivity contribution is -0.146. The van der Waals surface area contributed by atoms with Gasteiger partial charge in [-0.25, -0.2) is 13.2 Å². The van der Waals surface area contributed by atoms with Gasteiger partial charge in [-0.2, -0.15) is 0 Å². The average molecular weight is 1170 g/mol. The van der Waals surface area contributed by atoms with Crippen LogP contribution in [0.2, 0.25) is 0 Å². The van der Waals surface area contributed by atoms with Crippen molar-refractivity contribution in [2.24, 2.45) is 24.6 Å². The number of hydrogen-bond donors (Lipinski definition) is 8. The number of nitrogens with zero attached hydrogens (tertiary/aromatic N) is 4. The molecule has 27 heteroatoms. The summed E-state index contributed by atoms with van der Waals surface area (Å²) >= 11 is 0. The molecule has 5 atom stereocenters. The molecule has 2 unspecified atom stereocenters. The highest BCUT2D eigenvalue weighted by atomic mass is 32.2. The van der Waals surface area contributed by atoms with Gasteiger partial charge >= 0.3 is 13.3 Å². The van der Waals surface area contributed by atoms with E-state index in [4.69, 9.17) is 5.73 Å². The molecule has 436 valence electrons. The number of benzene rings is 3. The Morgan fingerprint density at radius 1 is 0.841 bits per heavy atom. The van der Waals surface area contributed by atoms with Gasteiger partial charge in [0, 0.05) is 74.7 Å². The summed E-state index contributed by atoms with van der Waals surface area (Å²) in [5, 5.41) is 10.8. The van der Waals surface area contributed by atoms with Crippen LogP contribution in [0.15, 0.2) is 76.4 Å². The van der Waals surface area contributed by atoms with Gasteiger partial charge in [-0.05, 0) is 136 Å². The Bertz CT molecular complexity index is 3640. The number of H-pyrrole nitrogens is 1. The fourth-order valence-corrected chi connectivity index (χ4v) is 13.0. The number of imide groups is 1. The number of aryl methyl sites for hydroxylation is 1. The van der Waals surface area contributed by atoms with Crippen LogP contribution in [0.1, 0.15) is 115 Å². The SMILES string of the molecule is Cn1c(=O)n(C2CCC(=O)NC2=O)c2ccc(C[C@H]3CC[C@H](CC(=O)N4CCC5CC[C@@H](C(=O)N[C@@H](CCC(N)=O)C(=O)NCc6ccc(S(C)(=O)=O)cc6)N5C(=O)[C@@H](NC(=O)c5cc6cc(C(=O)P(=O)(O)O)ccc6[nH]5)C4)CC3)cc21. The van der Waals surface area contributed by atoms with Crippen molar-refractivity contribution in [1.29, 1.82) is 0 Å². The van der Waals surface area contributed by atoms with Crippen molar-refractivity contribution in [3.05, 3.63) is 99.6 Å². The van der Waals surface area contributed by atoms with Gasteiger partial charge in [0.25, 0.3) is 11.4 Å². The number of nitrogens with two attached hydrogens (primary N) is 1. The molecule has 1 saturated carbocycles. The zero-order chi connectivity index (χ0) is 58.9. The van der Waals surface area contributed by atoms with Crippen molar-refractivity contribution in [3.63, 3.8) is 0 Å². The van der Waals surface area contributed by atoms with E-state index < -0.39 is 88.6 Å². The number of nitrogens with one attached hydrogen (secondary N) is 5. The van der Waals surface area contributed by atoms with Crippen molar-refractivity contribution < 1.29 is 65.9 Å². The first-order valence-electron chi connectivity index (χ1n) is 27.2. The second-order valence-corrected chi connectivity index (χ2v) is 25.5. The normalized spacial score (nSPS) is 22.0. The molecule has 3 aromatic carbocycles. The third-order valence-electron chi connectivity index (χ3n) is 16.3. The minimum Gasteiger partial charge on any atom is -0.370 e. The standard InChI is InChI=1S/C55H65N10O15PS/c1-62-45-24-33(9-16-42(45)65(55(62)75)44-18-20-47(67)61-52(44)72)23-30-3-5-31(6-4-30)25-48(68)63-22-21-36-11-17-43(51(71)59-39(15-19-46(56)66)49(69)57-28-32-7-12-37(13-8-32)82(2,79)80)64(36)53(73)41(29-63)60-50(70)40-27-35-26-34(10-14-38(35)58-40)54(74)81(76,77)78/h7-10,12-14,16,24,26-27,30-31,36,39,41,43-44,58H,3-6,11,15,17-23,25,28-29H2,1-2H3,(H2,56,66)(H,57,69)(H,59,71)(H,60,70)(H,61,67,72)(H2,76,77,78)/t30-,31-,36?,39-,41-,43-,44?/m0/s1. The fraction of sp³-hybridized carbons (Fsp3) is 0.455. The third kappa shape index (κ3) is 13.1. The zero-order valence-corrected chi connectivity index (χ0v) is 46.8. The molecule has 3 aliphatic heterocycles. The lowest BCUT2D eigenvalue weighted by atomic mass is 9.78. The predicted octanol–water partition coefficient (Wildman–Crippen LogP) is 1.72. The average Bonchev–Trinajstić information content (AvgIpc) is 3.28. The molecule has 8 amide bonds. The van der Waals surface area contributed by atoms with Crippen LogP contribution in [0.5, 0.6) is 0 Å². The number of hydrogen-bond acceptors (Lipinski definition) is 13. The molecule has 1 aliphatic carbocycles. The first-order valence-corrected chi connectivity index (χ1v) is 30.7. The monoisotopic (exact) mass is 1170 g/mol. The largest absolute Gasteiger partial charge is 0.396 e. The van der Waals surface area contributed by atoms with E-state index in [2.05, 4.69) is 26.3 Å². The van der Waals surface area contributed by atoms with Crippen molar-refractivity contribution in [2.45, 2.75) is 125 Å². The summed E-state index contributed by atoms with van der Waals surface area (Å²) in [7, 11) is -6.97. The minimum atomic E-state index is -5.14. The number of imidazole rings is 1. The fourth-order valence-electron chi connectivity index (χ4n) is 11.9. The molecule has 82 heavy (non-hydrogen) atoms. The Morgan fingerprint density at radius 3 is 2.23 bits per heavy atom. The van der Waals surface area contributed by atoms with Gasteiger partial charge in [0.15, 0.2) is 9.84 Å². The van der Waals surface area contributed by atoms with Crippen LogP contribution in [0, 0.1) is 11.8 Å². The van der Waals surface area contributed by atoms with Crippen molar-refractivity contribution in [1.82, 2.24) is 45.2 Å². The van der Waals surface area contributed by atoms with Crippen LogP contribution in [-0.4, -0.2) is 138 Å². The molecule has 9 N–H and O–H groups in total. The van der Waals surface area contributed by atoms with Gasteiger partial charge < -0.3 is 46.3 Å². The highest BCUT2D eigenvalue weighted by molar-refractivity contribution is 7.90. The first-order chi connectivity index (χ1) is 38.8. The number of primary amides is 1. The summed E-state index contributed by atoms with van der Waals surface area (Å²) in [6.45, 7) is -0.168. The number of aromatic nitrogens is 3. The van der Waals surface area contributed by atoms with Crippen LogP contribution >= 0.6 is 7.60 Å². The molecule has 9 rings (SSSR count). The smallest absolute Gasteiger partial charge is 0.370 e. The lowest BCUT2D eigenvalue weighted by Crippen LogP contribution is -2.62. The maximum atomic E-state index is 15.0. The number of rotatable bonds is 18. The van der Waals surface area contributed by atoms with E-state index in [1.165, 1.54) is 62.6 Å². The van der Waals surface area contributed by atoms with E-state index in [0.29, 0.717) is 28.5 Å². The predicted molar refractivity (Wildman–Crippen MR) is 295 cm³/mol. The molecular weight excluding hydrogens is 1100 g/mol. The summed E-state index contributed by atoms with van der Waals surface area (Å²) in [4.78, 5) is 159. The van der Waals surface area contributed by atoms with Crippen molar-refractivity contribution in [2.75, 3.05) is 19.3 Å². The van der Waals surface area contributed by atoms with Crippen LogP contribution in [0.25, 0.3) is 21.9 Å². The number of aromatic amines is 1. The van der Waals surface area contributed by atoms with Crippen molar-refractivity contribution in [3.8, 4) is 0 Å². The molecule has 0 spiro atoms. The summed E-state index contributed by atoms with van der Waals surface area (Å²) < 4.78 is 38.6. The van der Waals surface area contributed by atoms with Crippen molar-refractivity contribution >= 4 is 92.2 Å². The van der Waals surface area contributed by atoms with Gasteiger partial charge in [0.05, 0.1) is 15.9 Å². The number of amides is 8. The van der Waals surface area contributed by atoms with Gasteiger partial charge in [0.2, 0.25) is 41.4 Å². The quantitative estimate of drug-likeness (QED) is 0.0457. The Hall–Kier alpha value is -7.80. The second-order valence-electron chi connectivity index (χ2n) is 22.0. The molecule has 5 heterocycles. The van der Waals surface area contributed by atoms with Gasteiger partial charge in [-0.15, -0.1) is 0 Å². The summed E-state index contributed by atoms with van der Waals surface area (Å²) in [6, 6.07) is 11.4. The molecule has 5 aromatic rings. The van der Waals surface area contributed by atoms with Crippen LogP contribution in [-0.2, 0) is 68.0 Å². The molecule has 0 bridgehead atoms. The second kappa shape index (κ2) is 24.0. The Morgan fingerprint density at radius 2 is 1.55 bits per heavy atom. The Labute approximate surface area is 470 Å². The van der Waals surface area contributed by atoms with Crippen LogP contribution in [0.4, 0.5) is 0 Å². The lowest BCUT2D eigenvalue weighted by Gasteiger charge is -2.39. The summed E-state index contributed by atoms with van der Waals surface area (Å²) in [6.07, 6.45) is 5.70. The van der Waals surface area contributed by atoms with Gasteiger partial charge in [-0.1, -0.05) is 18.2 Å². The zero-order valence-electron chi connectivity index (χ0n) is 45.1. The maximum absolute atomic E-state index is 15.0. The molecule has 4 fully saturated rings. The number of fused-ring (bicyclic) bond motifs is 3. The number of carbonyl (C=O) groups excluding carboxylic acids is 9. The molecule has 4 aliphatic rings. The van der Waals surface area contributed by atoms with E-state index in [1.807, 2.05) is 18.2 Å². The van der Waals surface area contributed by atoms with Crippen LogP contribution < -0.4 is 32.7 Å². The van der Waals surface area contributed by atoms with Crippen LogP contribution in [0.3, 0.4) is 0 Å². The number of carbonyl (C=O) groups is 9. The number of sulfone groups is 1. The van der Waals surface area contributed by atoms with E-state index in [9.17, 15) is 65.9 Å². The summed E-state index contributed by atoms with van der Waals surface area (Å²) in [5.74, 6) is -4.43. The third-order valence-corrected chi connectivity index (χ3v) is 18.2. The number of piperidine rings is 1. The highest BCUT2D eigenvalue weighted by Gasteiger charge is 2.46. The minimum absolute atomic E-state index is 0.00803. The summed E-state index contributed by atoms with van der Waals surface area (Å²) in [5.41, 5.74) is 6.45. The molecule has 25 nitrogen and oxygen atoms in total. The molecule has 3 saturated heterocycles. The van der Waals surface area contributed by atoms with E-state index in [1.54, 1.807) is 11.9 Å². The van der Waals surface area contributed by atoms with Gasteiger partial charge in [0.1, 0.15) is 29.9 Å². The van der Waals surface area contributed by atoms with E-state index in [0.717, 1.165) is 43.9 Å². The maximum Gasteiger partial charge on any atom is 0.396 e. The van der Waals surface area contributed by atoms with E-state index >= 15 is 4.79 Å². The molecular formula is C55H65N10O15PS. The molecule has 2 aromatic heterocycles.